The monoisotopic (exact) mass is 292 g/mol. The third kappa shape index (κ3) is 2.59. The second kappa shape index (κ2) is 5.96. The van der Waals surface area contributed by atoms with E-state index in [2.05, 4.69) is 0 Å². The first kappa shape index (κ1) is 15.7. The summed E-state index contributed by atoms with van der Waals surface area (Å²) < 4.78 is 5.19. The first-order valence-electron chi connectivity index (χ1n) is 7.57. The first-order valence-corrected chi connectivity index (χ1v) is 7.57. The maximum Gasteiger partial charge on any atom is 0.314 e. The Balaban J connectivity index is 2.71. The van der Waals surface area contributed by atoms with Gasteiger partial charge in [0.05, 0.1) is 12.5 Å². The van der Waals surface area contributed by atoms with Crippen LogP contribution in [0.15, 0.2) is 12.1 Å². The van der Waals surface area contributed by atoms with E-state index in [1.165, 1.54) is 7.11 Å². The summed E-state index contributed by atoms with van der Waals surface area (Å²) in [5.41, 5.74) is 0.470. The number of rotatable bonds is 4. The van der Waals surface area contributed by atoms with E-state index >= 15 is 0 Å². The number of methoxy groups -OCH3 is 1. The van der Waals surface area contributed by atoms with Gasteiger partial charge in [0.25, 0.3) is 0 Å². The van der Waals surface area contributed by atoms with E-state index in [-0.39, 0.29) is 11.7 Å². The van der Waals surface area contributed by atoms with E-state index < -0.39 is 11.4 Å². The number of aliphatic carboxylic acids is 1. The van der Waals surface area contributed by atoms with Crippen molar-refractivity contribution >= 4 is 5.97 Å². The molecule has 1 fully saturated rings. The Labute approximate surface area is 125 Å². The molecule has 1 aliphatic rings. The molecule has 1 aliphatic carbocycles. The fraction of sp³-hybridized carbons (Fsp3) is 0.588. The molecule has 4 nitrogen and oxygen atoms in total. The Hall–Kier alpha value is -1.71. The van der Waals surface area contributed by atoms with Crippen LogP contribution in [0.5, 0.6) is 11.5 Å². The predicted molar refractivity (Wildman–Crippen MR) is 81.1 cm³/mol. The largest absolute Gasteiger partial charge is 0.504 e. The van der Waals surface area contributed by atoms with Gasteiger partial charge in [-0.05, 0) is 30.4 Å². The lowest BCUT2D eigenvalue weighted by Gasteiger charge is -2.36. The normalized spacial score (nSPS) is 17.7. The van der Waals surface area contributed by atoms with Crippen LogP contribution in [0.25, 0.3) is 0 Å². The van der Waals surface area contributed by atoms with Crippen LogP contribution in [0.1, 0.15) is 63.0 Å². The Morgan fingerprint density at radius 2 is 1.86 bits per heavy atom. The maximum absolute atomic E-state index is 12.1. The SMILES string of the molecule is COc1ccc(C(C)C)c(C2(C(=O)O)CCCCC2)c1O. The van der Waals surface area contributed by atoms with E-state index in [4.69, 9.17) is 4.74 Å². The summed E-state index contributed by atoms with van der Waals surface area (Å²) in [6.45, 7) is 4.03. The van der Waals surface area contributed by atoms with E-state index in [0.29, 0.717) is 24.2 Å². The Kier molecular flexibility index (Phi) is 4.45. The average Bonchev–Trinajstić information content (AvgIpc) is 2.47. The molecule has 0 bridgehead atoms. The first-order chi connectivity index (χ1) is 9.94. The maximum atomic E-state index is 12.1. The second-order valence-electron chi connectivity index (χ2n) is 6.18. The van der Waals surface area contributed by atoms with E-state index in [0.717, 1.165) is 24.8 Å². The summed E-state index contributed by atoms with van der Waals surface area (Å²) in [5.74, 6) is -0.351. The van der Waals surface area contributed by atoms with Crippen LogP contribution in [-0.4, -0.2) is 23.3 Å². The van der Waals surface area contributed by atoms with Crippen molar-refractivity contribution in [2.75, 3.05) is 7.11 Å². The zero-order valence-corrected chi connectivity index (χ0v) is 13.0. The summed E-state index contributed by atoms with van der Waals surface area (Å²) >= 11 is 0. The van der Waals surface area contributed by atoms with Gasteiger partial charge in [-0.1, -0.05) is 39.2 Å². The zero-order chi connectivity index (χ0) is 15.6. The van der Waals surface area contributed by atoms with Gasteiger partial charge in [-0.15, -0.1) is 0 Å². The van der Waals surface area contributed by atoms with Crippen molar-refractivity contribution in [3.8, 4) is 11.5 Å². The quantitative estimate of drug-likeness (QED) is 0.885. The van der Waals surface area contributed by atoms with Crippen molar-refractivity contribution in [2.24, 2.45) is 0 Å². The number of aromatic hydroxyl groups is 1. The molecule has 1 saturated carbocycles. The molecule has 1 aromatic rings. The van der Waals surface area contributed by atoms with E-state index in [1.807, 2.05) is 19.9 Å². The number of hydrogen-bond acceptors (Lipinski definition) is 3. The molecule has 0 spiro atoms. The highest BCUT2D eigenvalue weighted by Gasteiger charge is 2.45. The predicted octanol–water partition coefficient (Wildman–Crippen LogP) is 3.81. The van der Waals surface area contributed by atoms with Crippen LogP contribution in [-0.2, 0) is 10.2 Å². The molecule has 4 heteroatoms. The third-order valence-corrected chi connectivity index (χ3v) is 4.61. The van der Waals surface area contributed by atoms with Crippen molar-refractivity contribution < 1.29 is 19.7 Å². The minimum atomic E-state index is -0.990. The number of phenolic OH excluding ortho intramolecular Hbond substituents is 1. The number of hydrogen-bond donors (Lipinski definition) is 2. The molecule has 21 heavy (non-hydrogen) atoms. The van der Waals surface area contributed by atoms with Gasteiger partial charge in [0.1, 0.15) is 0 Å². The summed E-state index contributed by atoms with van der Waals surface area (Å²) in [6.07, 6.45) is 3.95. The summed E-state index contributed by atoms with van der Waals surface area (Å²) in [7, 11) is 1.49. The number of phenols is 1. The molecule has 2 rings (SSSR count). The minimum Gasteiger partial charge on any atom is -0.504 e. The average molecular weight is 292 g/mol. The van der Waals surface area contributed by atoms with Gasteiger partial charge in [0.2, 0.25) is 0 Å². The van der Waals surface area contributed by atoms with Crippen LogP contribution in [0.2, 0.25) is 0 Å². The summed E-state index contributed by atoms with van der Waals surface area (Å²) in [4.78, 5) is 12.1. The van der Waals surface area contributed by atoms with Gasteiger partial charge in [0.15, 0.2) is 11.5 Å². The summed E-state index contributed by atoms with van der Waals surface area (Å²) in [5, 5.41) is 20.5. The molecule has 2 N–H and O–H groups in total. The topological polar surface area (TPSA) is 66.8 Å². The van der Waals surface area contributed by atoms with Gasteiger partial charge < -0.3 is 14.9 Å². The van der Waals surface area contributed by atoms with Crippen LogP contribution < -0.4 is 4.74 Å². The van der Waals surface area contributed by atoms with Crippen molar-refractivity contribution in [1.29, 1.82) is 0 Å². The third-order valence-electron chi connectivity index (χ3n) is 4.61. The summed E-state index contributed by atoms with van der Waals surface area (Å²) in [6, 6.07) is 3.60. The fourth-order valence-electron chi connectivity index (χ4n) is 3.46. The van der Waals surface area contributed by atoms with Crippen molar-refractivity contribution in [3.63, 3.8) is 0 Å². The Bertz CT molecular complexity index is 528. The van der Waals surface area contributed by atoms with Crippen LogP contribution >= 0.6 is 0 Å². The molecule has 0 saturated heterocycles. The Morgan fingerprint density at radius 3 is 2.33 bits per heavy atom. The van der Waals surface area contributed by atoms with Crippen molar-refractivity contribution in [1.82, 2.24) is 0 Å². The van der Waals surface area contributed by atoms with Gasteiger partial charge in [-0.2, -0.15) is 0 Å². The molecular formula is C17H24O4. The Morgan fingerprint density at radius 1 is 1.24 bits per heavy atom. The van der Waals surface area contributed by atoms with Gasteiger partial charge >= 0.3 is 5.97 Å². The van der Waals surface area contributed by atoms with Gasteiger partial charge in [-0.3, -0.25) is 4.79 Å². The standard InChI is InChI=1S/C17H24O4/c1-11(2)12-7-8-13(21-3)15(18)14(12)17(16(19)20)9-5-4-6-10-17/h7-8,11,18H,4-6,9-10H2,1-3H3,(H,19,20). The zero-order valence-electron chi connectivity index (χ0n) is 13.0. The number of carboxylic acid groups (broad SMARTS) is 1. The van der Waals surface area contributed by atoms with E-state index in [9.17, 15) is 15.0 Å². The lowest BCUT2D eigenvalue weighted by atomic mass is 9.66. The molecule has 0 radical (unpaired) electrons. The molecular weight excluding hydrogens is 268 g/mol. The molecule has 0 aliphatic heterocycles. The lowest BCUT2D eigenvalue weighted by molar-refractivity contribution is -0.145. The minimum absolute atomic E-state index is 0.00648. The van der Waals surface area contributed by atoms with Crippen molar-refractivity contribution in [3.05, 3.63) is 23.3 Å². The van der Waals surface area contributed by atoms with Crippen molar-refractivity contribution in [2.45, 2.75) is 57.3 Å². The number of carboxylic acids is 1. The van der Waals surface area contributed by atoms with Crippen LogP contribution in [0.4, 0.5) is 0 Å². The number of benzene rings is 1. The molecule has 0 atom stereocenters. The highest BCUT2D eigenvalue weighted by Crippen LogP contribution is 2.49. The van der Waals surface area contributed by atoms with Gasteiger partial charge in [0, 0.05) is 5.56 Å². The molecule has 1 aromatic carbocycles. The molecule has 0 unspecified atom stereocenters. The van der Waals surface area contributed by atoms with E-state index in [1.54, 1.807) is 6.07 Å². The van der Waals surface area contributed by atoms with Gasteiger partial charge in [-0.25, -0.2) is 0 Å². The number of carbonyl (C=O) groups is 1. The highest BCUT2D eigenvalue weighted by molar-refractivity contribution is 5.84. The molecule has 0 amide bonds. The fourth-order valence-corrected chi connectivity index (χ4v) is 3.46. The molecule has 0 aromatic heterocycles. The number of ether oxygens (including phenoxy) is 1. The second-order valence-corrected chi connectivity index (χ2v) is 6.18. The lowest BCUT2D eigenvalue weighted by Crippen LogP contribution is -2.39. The molecule has 116 valence electrons. The molecule has 0 heterocycles. The van der Waals surface area contributed by atoms with Crippen LogP contribution in [0.3, 0.4) is 0 Å². The van der Waals surface area contributed by atoms with Crippen LogP contribution in [0, 0.1) is 0 Å². The smallest absolute Gasteiger partial charge is 0.314 e. The highest BCUT2D eigenvalue weighted by atomic mass is 16.5.